The Labute approximate surface area is 145 Å². The summed E-state index contributed by atoms with van der Waals surface area (Å²) in [4.78, 5) is 22.0. The van der Waals surface area contributed by atoms with E-state index in [1.807, 2.05) is 13.8 Å². The summed E-state index contributed by atoms with van der Waals surface area (Å²) in [6.07, 6.45) is 5.53. The highest BCUT2D eigenvalue weighted by Crippen LogP contribution is 2.23. The fourth-order valence-electron chi connectivity index (χ4n) is 3.07. The zero-order chi connectivity index (χ0) is 17.8. The van der Waals surface area contributed by atoms with E-state index < -0.39 is 5.82 Å². The molecule has 25 heavy (non-hydrogen) atoms. The summed E-state index contributed by atoms with van der Waals surface area (Å²) < 4.78 is 14.4. The molecule has 3 rings (SSSR count). The second-order valence-electron chi connectivity index (χ2n) is 6.52. The van der Waals surface area contributed by atoms with Crippen LogP contribution in [-0.2, 0) is 0 Å². The van der Waals surface area contributed by atoms with Crippen LogP contribution in [0.4, 0.5) is 16.2 Å². The molecular weight excluding hydrogens is 323 g/mol. The molecular formula is C17H23FN6O. The largest absolute Gasteiger partial charge is 0.352 e. The van der Waals surface area contributed by atoms with Crippen molar-refractivity contribution < 1.29 is 4.39 Å². The lowest BCUT2D eigenvalue weighted by Crippen LogP contribution is -2.45. The molecule has 7 nitrogen and oxygen atoms in total. The van der Waals surface area contributed by atoms with Crippen LogP contribution < -0.4 is 15.8 Å². The molecule has 1 saturated heterocycles. The number of hydrogen-bond acceptors (Lipinski definition) is 6. The van der Waals surface area contributed by atoms with E-state index in [-0.39, 0.29) is 17.6 Å². The van der Waals surface area contributed by atoms with Crippen LogP contribution in [0, 0.1) is 5.82 Å². The van der Waals surface area contributed by atoms with Gasteiger partial charge in [-0.2, -0.15) is 5.10 Å². The first kappa shape index (κ1) is 17.3. The van der Waals surface area contributed by atoms with E-state index in [1.165, 1.54) is 4.68 Å². The topological polar surface area (TPSA) is 75.9 Å². The fraction of sp³-hybridized carbons (Fsp3) is 0.529. The normalized spacial score (nSPS) is 17.8. The standard InChI is InChI=1S/C17H23FN6O/c1-12(2)24-16(25)7-6-15(22-24)23-8-4-3-5-14(23)11-21-17-19-9-13(18)10-20-17/h6-7,9-10,12,14H,3-5,8,11H2,1-2H3,(H,19,20,21). The molecule has 2 aromatic heterocycles. The Morgan fingerprint density at radius 1 is 1.28 bits per heavy atom. The first-order valence-electron chi connectivity index (χ1n) is 8.62. The second-order valence-corrected chi connectivity index (χ2v) is 6.52. The summed E-state index contributed by atoms with van der Waals surface area (Å²) >= 11 is 0. The monoisotopic (exact) mass is 346 g/mol. The summed E-state index contributed by atoms with van der Waals surface area (Å²) in [7, 11) is 0. The van der Waals surface area contributed by atoms with Crippen molar-refractivity contribution in [2.75, 3.05) is 23.3 Å². The number of nitrogens with zero attached hydrogens (tertiary/aromatic N) is 5. The van der Waals surface area contributed by atoms with Gasteiger partial charge in [0.1, 0.15) is 5.82 Å². The third-order valence-electron chi connectivity index (χ3n) is 4.34. The van der Waals surface area contributed by atoms with Crippen molar-refractivity contribution in [3.63, 3.8) is 0 Å². The number of aromatic nitrogens is 4. The van der Waals surface area contributed by atoms with Gasteiger partial charge in [0.25, 0.3) is 5.56 Å². The van der Waals surface area contributed by atoms with Gasteiger partial charge in [-0.3, -0.25) is 4.79 Å². The quantitative estimate of drug-likeness (QED) is 0.895. The predicted octanol–water partition coefficient (Wildman–Crippen LogP) is 2.22. The number of piperidine rings is 1. The number of rotatable bonds is 5. The van der Waals surface area contributed by atoms with Gasteiger partial charge in [0.2, 0.25) is 5.95 Å². The molecule has 0 saturated carbocycles. The molecule has 0 aromatic carbocycles. The summed E-state index contributed by atoms with van der Waals surface area (Å²) in [6, 6.07) is 3.59. The average Bonchev–Trinajstić information content (AvgIpc) is 2.62. The van der Waals surface area contributed by atoms with Gasteiger partial charge in [0, 0.05) is 25.2 Å². The molecule has 0 radical (unpaired) electrons. The molecule has 8 heteroatoms. The zero-order valence-corrected chi connectivity index (χ0v) is 14.5. The van der Waals surface area contributed by atoms with Crippen LogP contribution in [0.5, 0.6) is 0 Å². The Kier molecular flexibility index (Phi) is 5.25. The highest BCUT2D eigenvalue weighted by atomic mass is 19.1. The van der Waals surface area contributed by atoms with Crippen LogP contribution in [0.2, 0.25) is 0 Å². The molecule has 0 aliphatic carbocycles. The van der Waals surface area contributed by atoms with Gasteiger partial charge in [-0.15, -0.1) is 0 Å². The Morgan fingerprint density at radius 3 is 2.76 bits per heavy atom. The predicted molar refractivity (Wildman–Crippen MR) is 94.3 cm³/mol. The lowest BCUT2D eigenvalue weighted by molar-refractivity contribution is 0.451. The molecule has 1 unspecified atom stereocenters. The van der Waals surface area contributed by atoms with Crippen molar-refractivity contribution in [1.82, 2.24) is 19.7 Å². The van der Waals surface area contributed by atoms with Crippen molar-refractivity contribution in [1.29, 1.82) is 0 Å². The molecule has 0 amide bonds. The van der Waals surface area contributed by atoms with E-state index in [2.05, 4.69) is 25.3 Å². The van der Waals surface area contributed by atoms with Crippen LogP contribution in [0.1, 0.15) is 39.2 Å². The third-order valence-corrected chi connectivity index (χ3v) is 4.34. The maximum atomic E-state index is 12.9. The van der Waals surface area contributed by atoms with E-state index in [4.69, 9.17) is 0 Å². The lowest BCUT2D eigenvalue weighted by atomic mass is 10.0. The van der Waals surface area contributed by atoms with Crippen molar-refractivity contribution in [3.8, 4) is 0 Å². The first-order chi connectivity index (χ1) is 12.0. The molecule has 1 aliphatic heterocycles. The van der Waals surface area contributed by atoms with E-state index in [0.29, 0.717) is 12.5 Å². The summed E-state index contributed by atoms with van der Waals surface area (Å²) in [5.74, 6) is 0.761. The molecule has 3 heterocycles. The van der Waals surface area contributed by atoms with Crippen molar-refractivity contribution >= 4 is 11.8 Å². The van der Waals surface area contributed by atoms with Crippen LogP contribution in [-0.4, -0.2) is 38.9 Å². The highest BCUT2D eigenvalue weighted by molar-refractivity contribution is 5.40. The summed E-state index contributed by atoms with van der Waals surface area (Å²) in [5.41, 5.74) is -0.0925. The zero-order valence-electron chi connectivity index (χ0n) is 14.5. The SMILES string of the molecule is CC(C)n1nc(N2CCCCC2CNc2ncc(F)cn2)ccc1=O. The minimum absolute atomic E-state index is 0.0152. The Balaban J connectivity index is 1.75. The van der Waals surface area contributed by atoms with Crippen molar-refractivity contribution in [2.24, 2.45) is 0 Å². The first-order valence-corrected chi connectivity index (χ1v) is 8.62. The minimum atomic E-state index is -0.454. The van der Waals surface area contributed by atoms with Crippen molar-refractivity contribution in [2.45, 2.75) is 45.2 Å². The van der Waals surface area contributed by atoms with E-state index in [9.17, 15) is 9.18 Å². The van der Waals surface area contributed by atoms with Gasteiger partial charge >= 0.3 is 0 Å². The van der Waals surface area contributed by atoms with Gasteiger partial charge in [-0.1, -0.05) is 0 Å². The van der Waals surface area contributed by atoms with Gasteiger partial charge in [0.15, 0.2) is 5.82 Å². The van der Waals surface area contributed by atoms with Crippen LogP contribution in [0.3, 0.4) is 0 Å². The number of halogens is 1. The van der Waals surface area contributed by atoms with Crippen molar-refractivity contribution in [3.05, 3.63) is 40.7 Å². The van der Waals surface area contributed by atoms with Crippen LogP contribution in [0.15, 0.2) is 29.3 Å². The van der Waals surface area contributed by atoms with Gasteiger partial charge in [-0.25, -0.2) is 19.0 Å². The number of hydrogen-bond donors (Lipinski definition) is 1. The Morgan fingerprint density at radius 2 is 2.04 bits per heavy atom. The third kappa shape index (κ3) is 4.12. The minimum Gasteiger partial charge on any atom is -0.352 e. The average molecular weight is 346 g/mol. The molecule has 1 atom stereocenters. The number of nitrogens with one attached hydrogen (secondary N) is 1. The molecule has 2 aromatic rings. The molecule has 1 aliphatic rings. The van der Waals surface area contributed by atoms with Gasteiger partial charge in [0.05, 0.1) is 18.4 Å². The second kappa shape index (κ2) is 7.58. The van der Waals surface area contributed by atoms with E-state index in [0.717, 1.165) is 44.0 Å². The lowest BCUT2D eigenvalue weighted by Gasteiger charge is -2.36. The molecule has 0 bridgehead atoms. The van der Waals surface area contributed by atoms with E-state index >= 15 is 0 Å². The Hall–Kier alpha value is -2.51. The smallest absolute Gasteiger partial charge is 0.267 e. The van der Waals surface area contributed by atoms with Crippen LogP contribution in [0.25, 0.3) is 0 Å². The fourth-order valence-corrected chi connectivity index (χ4v) is 3.07. The van der Waals surface area contributed by atoms with Gasteiger partial charge < -0.3 is 10.2 Å². The van der Waals surface area contributed by atoms with Crippen LogP contribution >= 0.6 is 0 Å². The highest BCUT2D eigenvalue weighted by Gasteiger charge is 2.24. The maximum Gasteiger partial charge on any atom is 0.267 e. The molecule has 1 fully saturated rings. The number of anilines is 2. The molecule has 0 spiro atoms. The maximum absolute atomic E-state index is 12.9. The summed E-state index contributed by atoms with van der Waals surface area (Å²) in [5, 5.41) is 7.70. The summed E-state index contributed by atoms with van der Waals surface area (Å²) in [6.45, 7) is 5.41. The Bertz CT molecular complexity index is 760. The van der Waals surface area contributed by atoms with E-state index in [1.54, 1.807) is 12.1 Å². The molecule has 1 N–H and O–H groups in total. The van der Waals surface area contributed by atoms with Gasteiger partial charge in [-0.05, 0) is 39.2 Å². The molecule has 134 valence electrons.